The first-order chi connectivity index (χ1) is 20.3. The summed E-state index contributed by atoms with van der Waals surface area (Å²) < 4.78 is 96.9. The lowest BCUT2D eigenvalue weighted by atomic mass is 10.2. The predicted octanol–water partition coefficient (Wildman–Crippen LogP) is 4.39. The van der Waals surface area contributed by atoms with E-state index >= 15 is 0 Å². The van der Waals surface area contributed by atoms with Crippen molar-refractivity contribution < 1.29 is 57.3 Å². The van der Waals surface area contributed by atoms with Crippen LogP contribution in [-0.4, -0.2) is 68.1 Å². The van der Waals surface area contributed by atoms with E-state index < -0.39 is 31.2 Å². The number of para-hydroxylation sites is 3. The van der Waals surface area contributed by atoms with Crippen molar-refractivity contribution in [2.75, 3.05) is 0 Å². The molecule has 6 rings (SSSR count). The second kappa shape index (κ2) is 15.3. The molecule has 19 heteroatoms. The van der Waals surface area contributed by atoms with E-state index in [2.05, 4.69) is 44.3 Å². The van der Waals surface area contributed by atoms with Crippen LogP contribution in [0.15, 0.2) is 91.4 Å². The van der Waals surface area contributed by atoms with Crippen molar-refractivity contribution in [1.82, 2.24) is 15.0 Å². The number of rotatable bonds is 2. The Hall–Kier alpha value is -4.47. The summed E-state index contributed by atoms with van der Waals surface area (Å²) in [5.41, 5.74) is 4.25. The zero-order valence-corrected chi connectivity index (χ0v) is 24.9. The molecule has 0 atom stereocenters. The molecule has 6 aromatic rings. The number of benzene rings is 3. The van der Waals surface area contributed by atoms with Crippen LogP contribution in [0.5, 0.6) is 11.5 Å². The fourth-order valence-electron chi connectivity index (χ4n) is 3.50. The second-order valence-corrected chi connectivity index (χ2v) is 11.2. The first-order valence-corrected chi connectivity index (χ1v) is 15.9. The van der Waals surface area contributed by atoms with Gasteiger partial charge in [0, 0.05) is 51.3 Å². The van der Waals surface area contributed by atoms with Gasteiger partial charge in [-0.3, -0.25) is 22.8 Å². The molecule has 0 spiro atoms. The quantitative estimate of drug-likeness (QED) is 0.115. The number of aromatic nitrogens is 3. The molecule has 9 N–H and O–H groups in total. The number of aromatic amines is 3. The molecule has 0 fully saturated rings. The molecule has 238 valence electrons. The Morgan fingerprint density at radius 1 is 0.545 bits per heavy atom. The van der Waals surface area contributed by atoms with E-state index in [-0.39, 0.29) is 5.75 Å². The van der Waals surface area contributed by atoms with E-state index in [0.29, 0.717) is 11.1 Å². The minimum absolute atomic E-state index is 0.0862. The standard InChI is InChI=1S/C9H9N.C8H7NO4S.C8H7NO.2H2O4S/c1-7-6-10-9-5-3-2-4-8(7)9;10-14(11,12)13-8-5-9-7-4-2-1-3-6(7)8;10-8-5-9-7-4-2-1-3-6(7)8;2*1-5(2,3)4/h2-6,10H,1H3;1-5,9H,(H,10,11,12);1-5,9-10H;2*(H2,1,2,3,4). The third-order valence-electron chi connectivity index (χ3n) is 5.11. The molecule has 0 radical (unpaired) electrons. The summed E-state index contributed by atoms with van der Waals surface area (Å²) in [7, 11) is -13.8. The van der Waals surface area contributed by atoms with E-state index in [0.717, 1.165) is 16.4 Å². The van der Waals surface area contributed by atoms with Crippen molar-refractivity contribution in [3.8, 4) is 11.5 Å². The van der Waals surface area contributed by atoms with Crippen LogP contribution < -0.4 is 4.18 Å². The van der Waals surface area contributed by atoms with Crippen LogP contribution in [0.25, 0.3) is 32.7 Å². The van der Waals surface area contributed by atoms with Crippen molar-refractivity contribution in [3.63, 3.8) is 0 Å². The largest absolute Gasteiger partial charge is 0.506 e. The summed E-state index contributed by atoms with van der Waals surface area (Å²) in [6.45, 7) is 2.11. The fraction of sp³-hybridized carbons (Fsp3) is 0.0400. The average Bonchev–Trinajstić information content (AvgIpc) is 3.60. The Labute approximate surface area is 251 Å². The molecule has 3 aromatic carbocycles. The van der Waals surface area contributed by atoms with E-state index in [4.69, 9.17) is 39.6 Å². The molecule has 0 amide bonds. The van der Waals surface area contributed by atoms with E-state index in [1.54, 1.807) is 30.5 Å². The Morgan fingerprint density at radius 2 is 0.909 bits per heavy atom. The third kappa shape index (κ3) is 13.7. The Kier molecular flexibility index (Phi) is 12.4. The molecular weight excluding hydrogens is 646 g/mol. The molecule has 0 bridgehead atoms. The van der Waals surface area contributed by atoms with E-state index in [1.165, 1.54) is 22.7 Å². The number of H-pyrrole nitrogens is 3. The Bertz CT molecular complexity index is 2020. The highest BCUT2D eigenvalue weighted by Crippen LogP contribution is 2.25. The molecular formula is C25H27N3O13S3. The van der Waals surface area contributed by atoms with Gasteiger partial charge in [0.05, 0.1) is 0 Å². The number of nitrogens with one attached hydrogen (secondary N) is 3. The van der Waals surface area contributed by atoms with Gasteiger partial charge in [0.25, 0.3) is 0 Å². The first-order valence-electron chi connectivity index (χ1n) is 11.7. The molecule has 0 aliphatic rings. The van der Waals surface area contributed by atoms with Crippen molar-refractivity contribution in [3.05, 3.63) is 97.0 Å². The summed E-state index contributed by atoms with van der Waals surface area (Å²) in [5.74, 6) is 0.402. The summed E-state index contributed by atoms with van der Waals surface area (Å²) in [6.07, 6.45) is 4.99. The van der Waals surface area contributed by atoms with Crippen molar-refractivity contribution in [2.24, 2.45) is 0 Å². The van der Waals surface area contributed by atoms with Gasteiger partial charge in [-0.2, -0.15) is 25.3 Å². The van der Waals surface area contributed by atoms with Crippen LogP contribution in [0.4, 0.5) is 0 Å². The topological polar surface area (TPSA) is 280 Å². The summed E-state index contributed by atoms with van der Waals surface area (Å²) >= 11 is 0. The highest BCUT2D eigenvalue weighted by molar-refractivity contribution is 7.81. The van der Waals surface area contributed by atoms with Gasteiger partial charge in [-0.15, -0.1) is 0 Å². The van der Waals surface area contributed by atoms with E-state index in [9.17, 15) is 13.5 Å². The third-order valence-corrected chi connectivity index (χ3v) is 5.50. The Balaban J connectivity index is 0.000000203. The van der Waals surface area contributed by atoms with Crippen molar-refractivity contribution in [1.29, 1.82) is 0 Å². The number of hydrogen-bond donors (Lipinski definition) is 9. The maximum absolute atomic E-state index is 10.5. The van der Waals surface area contributed by atoms with Crippen LogP contribution >= 0.6 is 0 Å². The lowest BCUT2D eigenvalue weighted by Crippen LogP contribution is -2.05. The monoisotopic (exact) mass is 673 g/mol. The molecule has 44 heavy (non-hydrogen) atoms. The van der Waals surface area contributed by atoms with Crippen LogP contribution in [0.2, 0.25) is 0 Å². The van der Waals surface area contributed by atoms with Gasteiger partial charge in [-0.05, 0) is 42.8 Å². The van der Waals surface area contributed by atoms with Gasteiger partial charge in [0.2, 0.25) is 0 Å². The molecule has 0 saturated heterocycles. The zero-order chi connectivity index (χ0) is 33.1. The van der Waals surface area contributed by atoms with Crippen molar-refractivity contribution in [2.45, 2.75) is 6.92 Å². The average molecular weight is 674 g/mol. The Morgan fingerprint density at radius 3 is 1.36 bits per heavy atom. The molecule has 0 saturated carbocycles. The molecule has 0 aliphatic heterocycles. The minimum Gasteiger partial charge on any atom is -0.506 e. The van der Waals surface area contributed by atoms with Gasteiger partial charge < -0.3 is 24.2 Å². The maximum atomic E-state index is 10.5. The number of hydrogen-bond acceptors (Lipinski definition) is 8. The van der Waals surface area contributed by atoms with Crippen LogP contribution in [-0.2, 0) is 31.2 Å². The van der Waals surface area contributed by atoms with Gasteiger partial charge in [-0.25, -0.2) is 0 Å². The normalized spacial score (nSPS) is 11.1. The summed E-state index contributed by atoms with van der Waals surface area (Å²) in [5, 5.41) is 12.0. The SMILES string of the molecule is Cc1c[nH]c2ccccc12.O=S(=O)(O)O.O=S(=O)(O)O.O=S(=O)(O)Oc1c[nH]c2ccccc12.Oc1c[nH]c2ccccc12. The number of fused-ring (bicyclic) bond motifs is 3. The lowest BCUT2D eigenvalue weighted by molar-refractivity contribution is 0.378. The minimum atomic E-state index is -4.67. The summed E-state index contributed by atoms with van der Waals surface area (Å²) in [6, 6.07) is 22.9. The predicted molar refractivity (Wildman–Crippen MR) is 162 cm³/mol. The van der Waals surface area contributed by atoms with E-state index in [1.807, 2.05) is 36.5 Å². The smallest absolute Gasteiger partial charge is 0.446 e. The highest BCUT2D eigenvalue weighted by Gasteiger charge is 2.11. The van der Waals surface area contributed by atoms with Crippen molar-refractivity contribution >= 4 is 63.9 Å². The van der Waals surface area contributed by atoms with Crippen LogP contribution in [0.3, 0.4) is 0 Å². The maximum Gasteiger partial charge on any atom is 0.446 e. The van der Waals surface area contributed by atoms with Gasteiger partial charge in [-0.1, -0.05) is 42.5 Å². The second-order valence-electron chi connectivity index (χ2n) is 8.34. The number of aryl methyl sites for hydroxylation is 1. The zero-order valence-electron chi connectivity index (χ0n) is 22.4. The van der Waals surface area contributed by atoms with Gasteiger partial charge in [0.1, 0.15) is 5.75 Å². The molecule has 3 heterocycles. The lowest BCUT2D eigenvalue weighted by Gasteiger charge is -1.97. The molecule has 16 nitrogen and oxygen atoms in total. The van der Waals surface area contributed by atoms with Gasteiger partial charge in [0.15, 0.2) is 5.75 Å². The van der Waals surface area contributed by atoms with Crippen LogP contribution in [0, 0.1) is 6.92 Å². The van der Waals surface area contributed by atoms with Gasteiger partial charge >= 0.3 is 31.2 Å². The number of aromatic hydroxyl groups is 1. The molecule has 3 aromatic heterocycles. The van der Waals surface area contributed by atoms with Crippen LogP contribution in [0.1, 0.15) is 5.56 Å². The molecule has 0 aliphatic carbocycles. The molecule has 0 unspecified atom stereocenters. The fourth-order valence-corrected chi connectivity index (χ4v) is 3.86. The highest BCUT2D eigenvalue weighted by atomic mass is 32.3. The summed E-state index contributed by atoms with van der Waals surface area (Å²) in [4.78, 5) is 8.94. The first kappa shape index (κ1) is 35.7.